The molecule has 2 rings (SSSR count). The van der Waals surface area contributed by atoms with Gasteiger partial charge in [-0.3, -0.25) is 9.79 Å². The predicted molar refractivity (Wildman–Crippen MR) is 98.4 cm³/mol. The van der Waals surface area contributed by atoms with Crippen LogP contribution in [0.15, 0.2) is 59.4 Å². The number of nitrogens with one attached hydrogen (secondary N) is 1. The number of anilines is 1. The van der Waals surface area contributed by atoms with Gasteiger partial charge in [0, 0.05) is 24.0 Å². The van der Waals surface area contributed by atoms with E-state index in [1.807, 2.05) is 37.3 Å². The molecule has 0 bridgehead atoms. The molecule has 0 unspecified atom stereocenters. The van der Waals surface area contributed by atoms with Gasteiger partial charge in [0.05, 0.1) is 5.70 Å². The van der Waals surface area contributed by atoms with E-state index in [1.54, 1.807) is 12.3 Å². The topological polar surface area (TPSA) is 80.4 Å². The van der Waals surface area contributed by atoms with E-state index < -0.39 is 5.91 Å². The second kappa shape index (κ2) is 8.84. The fraction of sp³-hybridized carbons (Fsp3) is 0.167. The Balaban J connectivity index is 1.98. The normalized spacial score (nSPS) is 11.7. The number of aliphatic imine (C=N–C) groups is 1. The Labute approximate surface area is 146 Å². The first-order valence-electron chi connectivity index (χ1n) is 7.54. The maximum Gasteiger partial charge on any atom is 0.272 e. The summed E-state index contributed by atoms with van der Waals surface area (Å²) < 4.78 is 0. The van der Waals surface area contributed by atoms with E-state index >= 15 is 0 Å². The zero-order valence-electron chi connectivity index (χ0n) is 13.4. The summed E-state index contributed by atoms with van der Waals surface area (Å²) in [5, 5.41) is 3.35. The molecule has 0 aliphatic carbocycles. The number of allylic oxidation sites excluding steroid dienone is 1. The van der Waals surface area contributed by atoms with Crippen molar-refractivity contribution in [3.05, 3.63) is 70.5 Å². The molecule has 0 spiro atoms. The zero-order valence-corrected chi connectivity index (χ0v) is 14.1. The molecule has 5 nitrogen and oxygen atoms in total. The maximum atomic E-state index is 11.9. The minimum atomic E-state index is -0.410. The highest BCUT2D eigenvalue weighted by molar-refractivity contribution is 6.30. The van der Waals surface area contributed by atoms with E-state index in [0.717, 1.165) is 17.5 Å². The van der Waals surface area contributed by atoms with Crippen LogP contribution in [-0.2, 0) is 11.2 Å². The molecule has 0 aliphatic rings. The van der Waals surface area contributed by atoms with Gasteiger partial charge in [-0.15, -0.1) is 0 Å². The number of pyridine rings is 1. The van der Waals surface area contributed by atoms with Crippen LogP contribution in [0, 0.1) is 0 Å². The van der Waals surface area contributed by atoms with Gasteiger partial charge in [0.1, 0.15) is 5.82 Å². The average molecular weight is 343 g/mol. The van der Waals surface area contributed by atoms with Gasteiger partial charge in [0.25, 0.3) is 5.91 Å². The Morgan fingerprint density at radius 2 is 2.17 bits per heavy atom. The minimum absolute atomic E-state index is 0.0806. The summed E-state index contributed by atoms with van der Waals surface area (Å²) in [6.45, 7) is 2.54. The highest BCUT2D eigenvalue weighted by Gasteiger charge is 2.06. The van der Waals surface area contributed by atoms with Crippen LogP contribution >= 0.6 is 11.6 Å². The number of nitrogens with two attached hydrogens (primary N) is 1. The lowest BCUT2D eigenvalue weighted by atomic mass is 10.1. The molecule has 3 N–H and O–H groups in total. The highest BCUT2D eigenvalue weighted by Crippen LogP contribution is 2.15. The van der Waals surface area contributed by atoms with Gasteiger partial charge in [0.15, 0.2) is 0 Å². The summed E-state index contributed by atoms with van der Waals surface area (Å²) >= 11 is 5.98. The number of amides is 1. The van der Waals surface area contributed by atoms with Crippen LogP contribution < -0.4 is 11.1 Å². The Hall–Kier alpha value is -2.66. The fourth-order valence-electron chi connectivity index (χ4n) is 1.99. The van der Waals surface area contributed by atoms with Crippen molar-refractivity contribution < 1.29 is 4.79 Å². The molecule has 1 aromatic carbocycles. The largest absolute Gasteiger partial charge is 0.394 e. The lowest BCUT2D eigenvalue weighted by molar-refractivity contribution is -0.112. The SMILES string of the molecule is CCN=CC=C(N)C(=O)Nc1ccc(Cc2cccc(Cl)c2)cn1. The van der Waals surface area contributed by atoms with Crippen molar-refractivity contribution in [2.75, 3.05) is 11.9 Å². The molecule has 0 saturated heterocycles. The van der Waals surface area contributed by atoms with Crippen molar-refractivity contribution in [1.29, 1.82) is 0 Å². The standard InChI is InChI=1S/C18H19ClN4O/c1-2-21-9-8-16(20)18(24)23-17-7-6-14(12-22-17)10-13-4-3-5-15(19)11-13/h3-9,11-12H,2,10,20H2,1H3,(H,22,23,24). The summed E-state index contributed by atoms with van der Waals surface area (Å²) in [6.07, 6.45) is 5.41. The van der Waals surface area contributed by atoms with Crippen LogP contribution in [-0.4, -0.2) is 23.7 Å². The van der Waals surface area contributed by atoms with Gasteiger partial charge in [-0.05, 0) is 48.7 Å². The third kappa shape index (κ3) is 5.52. The molecule has 124 valence electrons. The number of carbonyl (C=O) groups is 1. The first-order chi connectivity index (χ1) is 11.6. The van der Waals surface area contributed by atoms with E-state index in [9.17, 15) is 4.79 Å². The third-order valence-corrected chi connectivity index (χ3v) is 3.40. The second-order valence-corrected chi connectivity index (χ2v) is 5.52. The Morgan fingerprint density at radius 3 is 2.83 bits per heavy atom. The van der Waals surface area contributed by atoms with Crippen molar-refractivity contribution in [3.8, 4) is 0 Å². The van der Waals surface area contributed by atoms with Crippen LogP contribution in [0.4, 0.5) is 5.82 Å². The van der Waals surface area contributed by atoms with Gasteiger partial charge in [-0.1, -0.05) is 29.8 Å². The second-order valence-electron chi connectivity index (χ2n) is 5.08. The zero-order chi connectivity index (χ0) is 17.4. The number of halogens is 1. The number of carbonyl (C=O) groups excluding carboxylic acids is 1. The van der Waals surface area contributed by atoms with Gasteiger partial charge < -0.3 is 11.1 Å². The molecule has 24 heavy (non-hydrogen) atoms. The maximum absolute atomic E-state index is 11.9. The number of rotatable bonds is 6. The number of nitrogens with zero attached hydrogens (tertiary/aromatic N) is 2. The first-order valence-corrected chi connectivity index (χ1v) is 7.92. The fourth-order valence-corrected chi connectivity index (χ4v) is 2.20. The summed E-state index contributed by atoms with van der Waals surface area (Å²) in [7, 11) is 0. The molecule has 0 aliphatic heterocycles. The molecule has 0 atom stereocenters. The van der Waals surface area contributed by atoms with Crippen molar-refractivity contribution >= 4 is 29.5 Å². The smallest absolute Gasteiger partial charge is 0.272 e. The van der Waals surface area contributed by atoms with E-state index in [4.69, 9.17) is 17.3 Å². The summed E-state index contributed by atoms with van der Waals surface area (Å²) in [5.74, 6) is 0.0336. The Bertz CT molecular complexity index is 754. The van der Waals surface area contributed by atoms with Crippen molar-refractivity contribution in [3.63, 3.8) is 0 Å². The van der Waals surface area contributed by atoms with Crippen LogP contribution in [0.1, 0.15) is 18.1 Å². The van der Waals surface area contributed by atoms with Gasteiger partial charge in [-0.2, -0.15) is 0 Å². The van der Waals surface area contributed by atoms with Gasteiger partial charge in [-0.25, -0.2) is 4.98 Å². The van der Waals surface area contributed by atoms with Crippen LogP contribution in [0.25, 0.3) is 0 Å². The molecule has 0 radical (unpaired) electrons. The lowest BCUT2D eigenvalue weighted by Gasteiger charge is -2.06. The number of benzene rings is 1. The molecule has 6 heteroatoms. The average Bonchev–Trinajstić information content (AvgIpc) is 2.57. The monoisotopic (exact) mass is 342 g/mol. The number of hydrogen-bond donors (Lipinski definition) is 2. The molecular weight excluding hydrogens is 324 g/mol. The molecule has 1 aromatic heterocycles. The van der Waals surface area contributed by atoms with Crippen LogP contribution in [0.2, 0.25) is 5.02 Å². The predicted octanol–water partition coefficient (Wildman–Crippen LogP) is 3.20. The van der Waals surface area contributed by atoms with Crippen LogP contribution in [0.5, 0.6) is 0 Å². The number of aromatic nitrogens is 1. The van der Waals surface area contributed by atoms with E-state index in [-0.39, 0.29) is 5.70 Å². The molecule has 1 heterocycles. The quantitative estimate of drug-likeness (QED) is 0.625. The van der Waals surface area contributed by atoms with Gasteiger partial charge >= 0.3 is 0 Å². The Kier molecular flexibility index (Phi) is 6.51. The van der Waals surface area contributed by atoms with Crippen molar-refractivity contribution in [2.24, 2.45) is 10.7 Å². The lowest BCUT2D eigenvalue weighted by Crippen LogP contribution is -2.20. The van der Waals surface area contributed by atoms with Crippen LogP contribution in [0.3, 0.4) is 0 Å². The number of hydrogen-bond acceptors (Lipinski definition) is 4. The van der Waals surface area contributed by atoms with Gasteiger partial charge in [0.2, 0.25) is 0 Å². The van der Waals surface area contributed by atoms with E-state index in [1.165, 1.54) is 12.3 Å². The molecule has 2 aromatic rings. The summed E-state index contributed by atoms with van der Waals surface area (Å²) in [4.78, 5) is 20.1. The first kappa shape index (κ1) is 17.7. The highest BCUT2D eigenvalue weighted by atomic mass is 35.5. The van der Waals surface area contributed by atoms with E-state index in [2.05, 4.69) is 15.3 Å². The van der Waals surface area contributed by atoms with Crippen molar-refractivity contribution in [1.82, 2.24) is 4.98 Å². The molecule has 0 saturated carbocycles. The minimum Gasteiger partial charge on any atom is -0.394 e. The molecule has 0 fully saturated rings. The van der Waals surface area contributed by atoms with E-state index in [0.29, 0.717) is 17.4 Å². The molecule has 1 amide bonds. The van der Waals surface area contributed by atoms with Crippen molar-refractivity contribution in [2.45, 2.75) is 13.3 Å². The Morgan fingerprint density at radius 1 is 1.33 bits per heavy atom. The third-order valence-electron chi connectivity index (χ3n) is 3.17. The summed E-state index contributed by atoms with van der Waals surface area (Å²) in [6, 6.07) is 11.3. The molecular formula is C18H19ClN4O. The summed E-state index contributed by atoms with van der Waals surface area (Å²) in [5.41, 5.74) is 7.87.